The Hall–Kier alpha value is -1.89. The van der Waals surface area contributed by atoms with E-state index in [2.05, 4.69) is 17.6 Å². The van der Waals surface area contributed by atoms with Gasteiger partial charge in [0.1, 0.15) is 5.60 Å². The number of carbonyl (C=O) groups is 3. The highest BCUT2D eigenvalue weighted by molar-refractivity contribution is 5.95. The summed E-state index contributed by atoms with van der Waals surface area (Å²) in [4.78, 5) is 37.5. The minimum absolute atomic E-state index is 0.00584. The average Bonchev–Trinajstić information content (AvgIpc) is 2.69. The van der Waals surface area contributed by atoms with E-state index >= 15 is 0 Å². The summed E-state index contributed by atoms with van der Waals surface area (Å²) < 4.78 is 11.7. The van der Waals surface area contributed by atoms with Crippen molar-refractivity contribution in [2.24, 2.45) is 0 Å². The summed E-state index contributed by atoms with van der Waals surface area (Å²) in [5.41, 5.74) is 0.00153. The smallest absolute Gasteiger partial charge is 0.407 e. The molecule has 0 bridgehead atoms. The van der Waals surface area contributed by atoms with Crippen LogP contribution in [0.25, 0.3) is 0 Å². The number of carbonyl (C=O) groups excluding carboxylic acids is 3. The molecule has 0 aromatic rings. The number of amides is 2. The topological polar surface area (TPSA) is 93.7 Å². The van der Waals surface area contributed by atoms with E-state index in [0.717, 1.165) is 38.5 Å². The Morgan fingerprint density at radius 2 is 1.72 bits per heavy atom. The third-order valence-corrected chi connectivity index (χ3v) is 5.54. The van der Waals surface area contributed by atoms with Crippen molar-refractivity contribution in [1.82, 2.24) is 10.6 Å². The molecule has 1 rings (SSSR count). The van der Waals surface area contributed by atoms with Gasteiger partial charge in [-0.15, -0.1) is 0 Å². The van der Waals surface area contributed by atoms with Crippen LogP contribution < -0.4 is 10.6 Å². The maximum absolute atomic E-state index is 13.0. The van der Waals surface area contributed by atoms with Gasteiger partial charge in [0.05, 0.1) is 24.3 Å². The molecule has 0 radical (unpaired) electrons. The highest BCUT2D eigenvalue weighted by atomic mass is 16.6. The Labute approximate surface area is 194 Å². The van der Waals surface area contributed by atoms with Crippen LogP contribution in [0.3, 0.4) is 0 Å². The number of hydrogen-bond donors (Lipinski definition) is 2. The molecular formula is C25H44N2O5. The zero-order valence-corrected chi connectivity index (χ0v) is 21.1. The van der Waals surface area contributed by atoms with Crippen molar-refractivity contribution in [3.05, 3.63) is 11.6 Å². The predicted molar refractivity (Wildman–Crippen MR) is 126 cm³/mol. The number of ketones is 1. The summed E-state index contributed by atoms with van der Waals surface area (Å²) in [5, 5.41) is 5.82. The van der Waals surface area contributed by atoms with Crippen molar-refractivity contribution >= 4 is 17.8 Å². The van der Waals surface area contributed by atoms with Crippen molar-refractivity contribution in [3.8, 4) is 0 Å². The highest BCUT2D eigenvalue weighted by Gasteiger charge is 2.38. The van der Waals surface area contributed by atoms with Gasteiger partial charge in [-0.25, -0.2) is 4.79 Å². The molecule has 0 saturated carbocycles. The Balaban J connectivity index is 3.15. The molecule has 0 heterocycles. The lowest BCUT2D eigenvalue weighted by Gasteiger charge is -2.39. The molecule has 1 unspecified atom stereocenters. The number of hydrogen-bond acceptors (Lipinski definition) is 5. The Morgan fingerprint density at radius 3 is 2.25 bits per heavy atom. The minimum atomic E-state index is -0.651. The normalized spacial score (nSPS) is 21.1. The van der Waals surface area contributed by atoms with E-state index in [4.69, 9.17) is 9.47 Å². The third kappa shape index (κ3) is 10.2. The maximum Gasteiger partial charge on any atom is 0.407 e. The van der Waals surface area contributed by atoms with Gasteiger partial charge in [-0.3, -0.25) is 9.59 Å². The number of ether oxygens (including phenoxy) is 2. The van der Waals surface area contributed by atoms with Crippen LogP contribution in [0.4, 0.5) is 4.79 Å². The van der Waals surface area contributed by atoms with Crippen molar-refractivity contribution < 1.29 is 23.9 Å². The molecule has 0 aromatic heterocycles. The maximum atomic E-state index is 13.0. The fourth-order valence-electron chi connectivity index (χ4n) is 3.89. The summed E-state index contributed by atoms with van der Waals surface area (Å²) in [6.45, 7) is 13.1. The van der Waals surface area contributed by atoms with Gasteiger partial charge >= 0.3 is 6.09 Å². The van der Waals surface area contributed by atoms with Crippen molar-refractivity contribution in [3.63, 3.8) is 0 Å². The molecule has 0 aromatic carbocycles. The molecule has 7 nitrogen and oxygen atoms in total. The van der Waals surface area contributed by atoms with Gasteiger partial charge in [0, 0.05) is 13.3 Å². The van der Waals surface area contributed by atoms with E-state index in [1.165, 1.54) is 6.92 Å². The van der Waals surface area contributed by atoms with E-state index in [1.807, 2.05) is 19.9 Å². The first-order valence-corrected chi connectivity index (χ1v) is 12.2. The Morgan fingerprint density at radius 1 is 1.06 bits per heavy atom. The molecule has 2 N–H and O–H groups in total. The lowest BCUT2D eigenvalue weighted by molar-refractivity contribution is -0.121. The van der Waals surface area contributed by atoms with Gasteiger partial charge in [0.15, 0.2) is 5.78 Å². The van der Waals surface area contributed by atoms with E-state index in [1.54, 1.807) is 20.8 Å². The van der Waals surface area contributed by atoms with Gasteiger partial charge in [0.2, 0.25) is 5.91 Å². The number of Topliss-reactive ketones (excluding diaryl/α,β-unsaturated/α-hetero) is 1. The molecule has 0 aliphatic heterocycles. The molecule has 2 amide bonds. The van der Waals surface area contributed by atoms with Gasteiger partial charge in [0.25, 0.3) is 0 Å². The molecule has 7 heteroatoms. The monoisotopic (exact) mass is 452 g/mol. The standard InChI is InChI=1S/C25H44N2O5/c1-8-11-12-13-14-21(29)18-15-20(27-24(30)32-25(5,6)7)23(26-17(4)28)22(16-18)31-19(9-2)10-3/h16,19-20,22-23H,8-15H2,1-7H3,(H,26,28)(H,27,30)/t20-,22?,23+/m1/s1. The summed E-state index contributed by atoms with van der Waals surface area (Å²) in [5.74, 6) is -0.136. The van der Waals surface area contributed by atoms with Crippen molar-refractivity contribution in [2.75, 3.05) is 0 Å². The van der Waals surface area contributed by atoms with Gasteiger partial charge in [-0.1, -0.05) is 40.0 Å². The van der Waals surface area contributed by atoms with E-state index in [9.17, 15) is 14.4 Å². The number of unbranched alkanes of at least 4 members (excludes halogenated alkanes) is 3. The third-order valence-electron chi connectivity index (χ3n) is 5.54. The van der Waals surface area contributed by atoms with E-state index < -0.39 is 29.9 Å². The minimum Gasteiger partial charge on any atom is -0.444 e. The molecule has 1 aliphatic rings. The first kappa shape index (κ1) is 28.1. The van der Waals surface area contributed by atoms with E-state index in [0.29, 0.717) is 18.4 Å². The highest BCUT2D eigenvalue weighted by Crippen LogP contribution is 2.26. The molecule has 3 atom stereocenters. The molecule has 0 spiro atoms. The lowest BCUT2D eigenvalue weighted by Crippen LogP contribution is -2.60. The Bertz CT molecular complexity index is 649. The van der Waals surface area contributed by atoms with Crippen molar-refractivity contribution in [1.29, 1.82) is 0 Å². The second-order valence-corrected chi connectivity index (χ2v) is 9.65. The van der Waals surface area contributed by atoms with E-state index in [-0.39, 0.29) is 17.8 Å². The van der Waals surface area contributed by atoms with Crippen LogP contribution in [0.15, 0.2) is 11.6 Å². The SMILES string of the molecule is CCCCCCC(=O)C1=CC(OC(CC)CC)[C@@H](NC(C)=O)[C@H](NC(=O)OC(C)(C)C)C1. The summed E-state index contributed by atoms with van der Waals surface area (Å²) in [6, 6.07) is -0.995. The molecule has 32 heavy (non-hydrogen) atoms. The zero-order chi connectivity index (χ0) is 24.3. The molecule has 1 aliphatic carbocycles. The first-order valence-electron chi connectivity index (χ1n) is 12.2. The quantitative estimate of drug-likeness (QED) is 0.414. The van der Waals surface area contributed by atoms with Crippen LogP contribution in [0.5, 0.6) is 0 Å². The molecule has 0 fully saturated rings. The summed E-state index contributed by atoms with van der Waals surface area (Å²) in [7, 11) is 0. The number of rotatable bonds is 12. The lowest BCUT2D eigenvalue weighted by atomic mass is 9.85. The van der Waals surface area contributed by atoms with Crippen LogP contribution >= 0.6 is 0 Å². The molecule has 184 valence electrons. The summed E-state index contributed by atoms with van der Waals surface area (Å²) in [6.07, 6.45) is 7.32. The fourth-order valence-corrected chi connectivity index (χ4v) is 3.89. The fraction of sp³-hybridized carbons (Fsp3) is 0.800. The number of nitrogens with one attached hydrogen (secondary N) is 2. The first-order chi connectivity index (χ1) is 15.0. The molecule has 0 saturated heterocycles. The number of alkyl carbamates (subject to hydrolysis) is 1. The predicted octanol–water partition coefficient (Wildman–Crippen LogP) is 4.83. The second-order valence-electron chi connectivity index (χ2n) is 9.65. The van der Waals surface area contributed by atoms with Crippen LogP contribution in [0.2, 0.25) is 0 Å². The van der Waals surface area contributed by atoms with Crippen LogP contribution in [0.1, 0.15) is 99.8 Å². The van der Waals surface area contributed by atoms with Crippen molar-refractivity contribution in [2.45, 2.75) is 130 Å². The second kappa shape index (κ2) is 13.6. The van der Waals surface area contributed by atoms with Crippen LogP contribution in [-0.2, 0) is 19.1 Å². The zero-order valence-electron chi connectivity index (χ0n) is 21.1. The van der Waals surface area contributed by atoms with Crippen LogP contribution in [-0.4, -0.2) is 47.7 Å². The largest absolute Gasteiger partial charge is 0.444 e. The van der Waals surface area contributed by atoms with Gasteiger partial charge in [-0.2, -0.15) is 0 Å². The molecular weight excluding hydrogens is 408 g/mol. The Kier molecular flexibility index (Phi) is 12.0. The van der Waals surface area contributed by atoms with Crippen LogP contribution in [0, 0.1) is 0 Å². The van der Waals surface area contributed by atoms with Gasteiger partial charge < -0.3 is 20.1 Å². The summed E-state index contributed by atoms with van der Waals surface area (Å²) >= 11 is 0. The average molecular weight is 453 g/mol. The van der Waals surface area contributed by atoms with Gasteiger partial charge in [-0.05, 0) is 58.1 Å².